The van der Waals surface area contributed by atoms with Gasteiger partial charge in [-0.3, -0.25) is 9.69 Å². The Balaban J connectivity index is 1.59. The minimum absolute atomic E-state index is 0.0186. The molecule has 1 aliphatic heterocycles. The van der Waals surface area contributed by atoms with Crippen molar-refractivity contribution in [2.24, 2.45) is 5.92 Å². The second-order valence-electron chi connectivity index (χ2n) is 7.76. The zero-order chi connectivity index (χ0) is 19.8. The van der Waals surface area contributed by atoms with Crippen LogP contribution in [0.5, 0.6) is 0 Å². The predicted molar refractivity (Wildman–Crippen MR) is 113 cm³/mol. The van der Waals surface area contributed by atoms with E-state index in [2.05, 4.69) is 65.7 Å². The molecule has 3 rings (SSSR count). The fraction of sp³-hybridized carbons (Fsp3) is 0.458. The van der Waals surface area contributed by atoms with Crippen LogP contribution in [0.25, 0.3) is 0 Å². The third-order valence-corrected chi connectivity index (χ3v) is 5.59. The zero-order valence-corrected chi connectivity index (χ0v) is 17.1. The number of likely N-dealkylation sites (tertiary alicyclic amines) is 1. The number of carbonyl (C=O) groups excluding carboxylic acids is 1. The van der Waals surface area contributed by atoms with Gasteiger partial charge in [0.1, 0.15) is 0 Å². The third-order valence-electron chi connectivity index (χ3n) is 5.59. The van der Waals surface area contributed by atoms with Gasteiger partial charge in [-0.25, -0.2) is 0 Å². The van der Waals surface area contributed by atoms with Crippen LogP contribution in [0.1, 0.15) is 29.5 Å². The minimum atomic E-state index is -0.0186. The number of amides is 1. The molecule has 150 valence electrons. The summed E-state index contributed by atoms with van der Waals surface area (Å²) in [6.45, 7) is 5.23. The maximum atomic E-state index is 12.9. The van der Waals surface area contributed by atoms with Gasteiger partial charge in [0.05, 0.1) is 12.5 Å². The van der Waals surface area contributed by atoms with Gasteiger partial charge in [-0.15, -0.1) is 0 Å². The molecular weight excluding hydrogens is 348 g/mol. The van der Waals surface area contributed by atoms with Gasteiger partial charge >= 0.3 is 0 Å². The number of ether oxygens (including phenoxy) is 1. The van der Waals surface area contributed by atoms with Crippen molar-refractivity contribution < 1.29 is 9.53 Å². The van der Waals surface area contributed by atoms with Crippen molar-refractivity contribution in [1.82, 2.24) is 10.2 Å². The van der Waals surface area contributed by atoms with E-state index in [1.807, 2.05) is 6.07 Å². The van der Waals surface area contributed by atoms with Crippen LogP contribution < -0.4 is 5.32 Å². The molecule has 2 atom stereocenters. The normalized spacial score (nSPS) is 20.1. The molecule has 1 aliphatic rings. The largest absolute Gasteiger partial charge is 0.383 e. The van der Waals surface area contributed by atoms with Crippen LogP contribution in [0.2, 0.25) is 0 Å². The molecule has 2 aromatic carbocycles. The molecule has 28 heavy (non-hydrogen) atoms. The average Bonchev–Trinajstić information content (AvgIpc) is 2.70. The van der Waals surface area contributed by atoms with Gasteiger partial charge in [0.15, 0.2) is 0 Å². The molecular formula is C24H32N2O2. The highest BCUT2D eigenvalue weighted by atomic mass is 16.5. The summed E-state index contributed by atoms with van der Waals surface area (Å²) in [5, 5.41) is 3.17. The highest BCUT2D eigenvalue weighted by molar-refractivity contribution is 5.79. The fourth-order valence-corrected chi connectivity index (χ4v) is 4.17. The molecule has 2 aromatic rings. The van der Waals surface area contributed by atoms with Crippen LogP contribution in [-0.2, 0) is 22.5 Å². The van der Waals surface area contributed by atoms with Crippen LogP contribution >= 0.6 is 0 Å². The molecule has 1 fully saturated rings. The van der Waals surface area contributed by atoms with Gasteiger partial charge in [0.2, 0.25) is 5.91 Å². The second-order valence-corrected chi connectivity index (χ2v) is 7.76. The smallest absolute Gasteiger partial charge is 0.224 e. The summed E-state index contributed by atoms with van der Waals surface area (Å²) in [7, 11) is 1.72. The molecule has 0 unspecified atom stereocenters. The summed E-state index contributed by atoms with van der Waals surface area (Å²) in [5.41, 5.74) is 3.81. The van der Waals surface area contributed by atoms with Gasteiger partial charge in [-0.05, 0) is 43.9 Å². The van der Waals surface area contributed by atoms with E-state index in [1.54, 1.807) is 7.11 Å². The molecule has 0 bridgehead atoms. The number of methoxy groups -OCH3 is 1. The molecule has 1 saturated heterocycles. The summed E-state index contributed by atoms with van der Waals surface area (Å²) < 4.78 is 5.49. The van der Waals surface area contributed by atoms with Crippen molar-refractivity contribution >= 4 is 5.91 Å². The van der Waals surface area contributed by atoms with Gasteiger partial charge < -0.3 is 10.1 Å². The maximum Gasteiger partial charge on any atom is 0.224 e. The lowest BCUT2D eigenvalue weighted by Gasteiger charge is -2.40. The molecule has 1 amide bonds. The Morgan fingerprint density at radius 2 is 1.93 bits per heavy atom. The lowest BCUT2D eigenvalue weighted by Crippen LogP contribution is -2.52. The third kappa shape index (κ3) is 5.66. The van der Waals surface area contributed by atoms with Crippen LogP contribution in [-0.4, -0.2) is 43.7 Å². The van der Waals surface area contributed by atoms with Crippen LogP contribution in [0.15, 0.2) is 54.6 Å². The van der Waals surface area contributed by atoms with E-state index in [-0.39, 0.29) is 17.9 Å². The van der Waals surface area contributed by atoms with E-state index >= 15 is 0 Å². The lowest BCUT2D eigenvalue weighted by molar-refractivity contribution is -0.130. The monoisotopic (exact) mass is 380 g/mol. The highest BCUT2D eigenvalue weighted by Crippen LogP contribution is 2.26. The summed E-state index contributed by atoms with van der Waals surface area (Å²) in [6.07, 6.45) is 2.83. The minimum Gasteiger partial charge on any atom is -0.383 e. The molecule has 4 heteroatoms. The Hall–Kier alpha value is -2.17. The van der Waals surface area contributed by atoms with Crippen molar-refractivity contribution in [3.8, 4) is 0 Å². The van der Waals surface area contributed by atoms with Crippen molar-refractivity contribution in [3.05, 3.63) is 71.3 Å². The van der Waals surface area contributed by atoms with Crippen LogP contribution in [0.4, 0.5) is 0 Å². The number of hydrogen-bond acceptors (Lipinski definition) is 3. The number of aryl methyl sites for hydroxylation is 1. The second kappa shape index (κ2) is 10.4. The molecule has 0 spiro atoms. The quantitative estimate of drug-likeness (QED) is 0.761. The number of nitrogens with zero attached hydrogens (tertiary/aromatic N) is 1. The van der Waals surface area contributed by atoms with Gasteiger partial charge in [0, 0.05) is 26.2 Å². The summed E-state index contributed by atoms with van der Waals surface area (Å²) in [4.78, 5) is 15.4. The Morgan fingerprint density at radius 1 is 1.14 bits per heavy atom. The fourth-order valence-electron chi connectivity index (χ4n) is 4.17. The van der Waals surface area contributed by atoms with Crippen LogP contribution in [0.3, 0.4) is 0 Å². The number of piperidine rings is 1. The molecule has 0 aromatic heterocycles. The number of benzene rings is 2. The molecule has 0 saturated carbocycles. The first kappa shape index (κ1) is 20.6. The molecule has 1 N–H and O–H groups in total. The van der Waals surface area contributed by atoms with Gasteiger partial charge in [0.25, 0.3) is 0 Å². The Morgan fingerprint density at radius 3 is 2.68 bits per heavy atom. The van der Waals surface area contributed by atoms with Crippen molar-refractivity contribution in [3.63, 3.8) is 0 Å². The molecule has 0 aliphatic carbocycles. The SMILES string of the molecule is COC[C@@H]1[C@H](C(=O)NCCc2cccc(C)c2)CCCN1Cc1ccccc1. The number of rotatable bonds is 8. The first-order valence-electron chi connectivity index (χ1n) is 10.3. The van der Waals surface area contributed by atoms with Gasteiger partial charge in [-0.2, -0.15) is 0 Å². The summed E-state index contributed by atoms with van der Waals surface area (Å²) >= 11 is 0. The maximum absolute atomic E-state index is 12.9. The first-order valence-corrected chi connectivity index (χ1v) is 10.3. The standard InChI is InChI=1S/C24H32N2O2/c1-19-8-6-11-20(16-19)13-14-25-24(27)22-12-7-15-26(23(22)18-28-2)17-21-9-4-3-5-10-21/h3-6,8-11,16,22-23H,7,12-15,17-18H2,1-2H3,(H,25,27)/t22-,23-/m1/s1. The lowest BCUT2D eigenvalue weighted by atomic mass is 9.88. The van der Waals surface area contributed by atoms with Crippen molar-refractivity contribution in [1.29, 1.82) is 0 Å². The topological polar surface area (TPSA) is 41.6 Å². The molecule has 1 heterocycles. The number of hydrogen-bond donors (Lipinski definition) is 1. The summed E-state index contributed by atoms with van der Waals surface area (Å²) in [5.74, 6) is 0.141. The van der Waals surface area contributed by atoms with Gasteiger partial charge in [-0.1, -0.05) is 60.2 Å². The zero-order valence-electron chi connectivity index (χ0n) is 17.1. The Labute approximate surface area is 168 Å². The average molecular weight is 381 g/mol. The van der Waals surface area contributed by atoms with E-state index < -0.39 is 0 Å². The Bertz CT molecular complexity index is 747. The molecule has 4 nitrogen and oxygen atoms in total. The summed E-state index contributed by atoms with van der Waals surface area (Å²) in [6, 6.07) is 19.1. The van der Waals surface area contributed by atoms with E-state index in [1.165, 1.54) is 16.7 Å². The first-order chi connectivity index (χ1) is 13.7. The predicted octanol–water partition coefficient (Wildman–Crippen LogP) is 3.58. The molecule has 0 radical (unpaired) electrons. The van der Waals surface area contributed by atoms with E-state index in [9.17, 15) is 4.79 Å². The number of carbonyl (C=O) groups is 1. The van der Waals surface area contributed by atoms with E-state index in [0.717, 1.165) is 32.4 Å². The highest BCUT2D eigenvalue weighted by Gasteiger charge is 2.35. The van der Waals surface area contributed by atoms with Crippen LogP contribution in [0, 0.1) is 12.8 Å². The van der Waals surface area contributed by atoms with Crippen molar-refractivity contribution in [2.75, 3.05) is 26.8 Å². The van der Waals surface area contributed by atoms with Crippen molar-refractivity contribution in [2.45, 2.75) is 38.8 Å². The Kier molecular flexibility index (Phi) is 7.63. The number of nitrogens with one attached hydrogen (secondary N) is 1. The van der Waals surface area contributed by atoms with E-state index in [4.69, 9.17) is 4.74 Å². The van der Waals surface area contributed by atoms with E-state index in [0.29, 0.717) is 13.2 Å².